The molecule has 188 valence electrons. The minimum Gasteiger partial charge on any atom is -0.484 e. The summed E-state index contributed by atoms with van der Waals surface area (Å²) in [6.45, 7) is 3.91. The second kappa shape index (κ2) is 12.5. The van der Waals surface area contributed by atoms with Gasteiger partial charge in [0.05, 0.1) is 11.8 Å². The molecule has 0 radical (unpaired) electrons. The zero-order chi connectivity index (χ0) is 26.0. The molecule has 37 heavy (non-hydrogen) atoms. The molecule has 0 fully saturated rings. The number of esters is 1. The first-order valence-electron chi connectivity index (χ1n) is 12.4. The lowest BCUT2D eigenvalue weighted by Crippen LogP contribution is -2.24. The van der Waals surface area contributed by atoms with Crippen molar-refractivity contribution in [3.8, 4) is 11.5 Å². The smallest absolute Gasteiger partial charge is 0.343 e. The van der Waals surface area contributed by atoms with E-state index in [2.05, 4.69) is 17.5 Å². The number of ether oxygens (including phenoxy) is 2. The first kappa shape index (κ1) is 25.6. The Morgan fingerprint density at radius 3 is 2.54 bits per heavy atom. The van der Waals surface area contributed by atoms with E-state index in [0.29, 0.717) is 22.6 Å². The third-order valence-corrected chi connectivity index (χ3v) is 5.88. The van der Waals surface area contributed by atoms with Crippen molar-refractivity contribution in [3.05, 3.63) is 107 Å². The van der Waals surface area contributed by atoms with E-state index in [1.165, 1.54) is 11.8 Å². The highest BCUT2D eigenvalue weighted by molar-refractivity contribution is 6.04. The molecular weight excluding hydrogens is 464 g/mol. The van der Waals surface area contributed by atoms with E-state index in [4.69, 9.17) is 9.47 Å². The topological polar surface area (TPSA) is 77.0 Å². The van der Waals surface area contributed by atoms with Gasteiger partial charge in [-0.3, -0.25) is 4.79 Å². The highest BCUT2D eigenvalue weighted by atomic mass is 16.5. The van der Waals surface area contributed by atoms with Crippen LogP contribution in [0.1, 0.15) is 46.8 Å². The molecule has 4 aromatic carbocycles. The van der Waals surface area contributed by atoms with Crippen LogP contribution >= 0.6 is 0 Å². The van der Waals surface area contributed by atoms with Crippen molar-refractivity contribution < 1.29 is 19.1 Å². The van der Waals surface area contributed by atoms with Crippen LogP contribution in [0.2, 0.25) is 0 Å². The summed E-state index contributed by atoms with van der Waals surface area (Å²) in [6.07, 6.45) is 4.81. The van der Waals surface area contributed by atoms with E-state index in [1.54, 1.807) is 18.2 Å². The Balaban J connectivity index is 1.43. The van der Waals surface area contributed by atoms with Gasteiger partial charge >= 0.3 is 5.97 Å². The van der Waals surface area contributed by atoms with Crippen LogP contribution in [0.4, 0.5) is 0 Å². The van der Waals surface area contributed by atoms with Gasteiger partial charge in [-0.05, 0) is 66.4 Å². The molecule has 0 bridgehead atoms. The molecule has 1 amide bonds. The van der Waals surface area contributed by atoms with Gasteiger partial charge < -0.3 is 9.47 Å². The molecule has 0 aliphatic rings. The van der Waals surface area contributed by atoms with Crippen LogP contribution in [0.15, 0.2) is 90.0 Å². The Morgan fingerprint density at radius 2 is 1.76 bits per heavy atom. The van der Waals surface area contributed by atoms with Gasteiger partial charge in [0.15, 0.2) is 6.61 Å². The lowest BCUT2D eigenvalue weighted by atomic mass is 10.0. The van der Waals surface area contributed by atoms with Crippen LogP contribution in [-0.4, -0.2) is 24.7 Å². The average Bonchev–Trinajstić information content (AvgIpc) is 2.92. The summed E-state index contributed by atoms with van der Waals surface area (Å²) in [4.78, 5) is 25.1. The summed E-state index contributed by atoms with van der Waals surface area (Å²) in [6, 6.07) is 26.3. The summed E-state index contributed by atoms with van der Waals surface area (Å²) in [5.74, 6) is 0.109. The number of benzene rings is 4. The first-order chi connectivity index (χ1) is 18.0. The quantitative estimate of drug-likeness (QED) is 0.123. The number of carbonyl (C=O) groups excluding carboxylic acids is 2. The zero-order valence-corrected chi connectivity index (χ0v) is 21.1. The van der Waals surface area contributed by atoms with Crippen molar-refractivity contribution in [3.63, 3.8) is 0 Å². The Labute approximate surface area is 216 Å². The molecule has 0 aromatic heterocycles. The molecule has 0 spiro atoms. The van der Waals surface area contributed by atoms with E-state index >= 15 is 0 Å². The summed E-state index contributed by atoms with van der Waals surface area (Å²) in [5.41, 5.74) is 5.75. The summed E-state index contributed by atoms with van der Waals surface area (Å²) >= 11 is 0. The van der Waals surface area contributed by atoms with Crippen molar-refractivity contribution in [2.24, 2.45) is 5.10 Å². The SMILES string of the molecule is CCCCc1ccc(OCC(=O)N/N=C\c2c(OC(=O)c3cccc(C)c3)ccc3ccccc23)cc1. The summed E-state index contributed by atoms with van der Waals surface area (Å²) in [5, 5.41) is 5.91. The Bertz CT molecular complexity index is 1410. The number of hydrazone groups is 1. The number of carbonyl (C=O) groups is 2. The summed E-state index contributed by atoms with van der Waals surface area (Å²) < 4.78 is 11.3. The predicted molar refractivity (Wildman–Crippen MR) is 146 cm³/mol. The van der Waals surface area contributed by atoms with Crippen LogP contribution in [0.3, 0.4) is 0 Å². The van der Waals surface area contributed by atoms with Crippen LogP contribution < -0.4 is 14.9 Å². The van der Waals surface area contributed by atoms with E-state index in [0.717, 1.165) is 35.6 Å². The lowest BCUT2D eigenvalue weighted by Gasteiger charge is -2.11. The van der Waals surface area contributed by atoms with Crippen LogP contribution in [0.25, 0.3) is 10.8 Å². The molecule has 6 nitrogen and oxygen atoms in total. The van der Waals surface area contributed by atoms with Crippen molar-refractivity contribution >= 4 is 28.9 Å². The minimum absolute atomic E-state index is 0.170. The highest BCUT2D eigenvalue weighted by Crippen LogP contribution is 2.27. The van der Waals surface area contributed by atoms with Gasteiger partial charge in [0.25, 0.3) is 5.91 Å². The normalized spacial score (nSPS) is 11.0. The number of nitrogens with one attached hydrogen (secondary N) is 1. The Hall–Kier alpha value is -4.45. The molecule has 0 aliphatic heterocycles. The number of nitrogens with zero attached hydrogens (tertiary/aromatic N) is 1. The second-order valence-corrected chi connectivity index (χ2v) is 8.79. The molecule has 1 N–H and O–H groups in total. The molecule has 0 atom stereocenters. The Kier molecular flexibility index (Phi) is 8.66. The molecule has 0 heterocycles. The van der Waals surface area contributed by atoms with Crippen molar-refractivity contribution in [1.82, 2.24) is 5.43 Å². The molecule has 4 rings (SSSR count). The van der Waals surface area contributed by atoms with Crippen LogP contribution in [0.5, 0.6) is 11.5 Å². The zero-order valence-electron chi connectivity index (χ0n) is 21.1. The maximum atomic E-state index is 12.8. The molecular formula is C31H30N2O4. The maximum Gasteiger partial charge on any atom is 0.343 e. The third-order valence-electron chi connectivity index (χ3n) is 5.88. The van der Waals surface area contributed by atoms with Gasteiger partial charge in [-0.1, -0.05) is 73.5 Å². The average molecular weight is 495 g/mol. The molecule has 6 heteroatoms. The van der Waals surface area contributed by atoms with E-state index in [1.807, 2.05) is 73.7 Å². The molecule has 0 saturated carbocycles. The van der Waals surface area contributed by atoms with Crippen molar-refractivity contribution in [2.45, 2.75) is 33.1 Å². The van der Waals surface area contributed by atoms with E-state index in [9.17, 15) is 9.59 Å². The van der Waals surface area contributed by atoms with Gasteiger partial charge in [-0.2, -0.15) is 5.10 Å². The number of fused-ring (bicyclic) bond motifs is 1. The van der Waals surface area contributed by atoms with E-state index < -0.39 is 11.9 Å². The maximum absolute atomic E-state index is 12.8. The van der Waals surface area contributed by atoms with Gasteiger partial charge in [-0.25, -0.2) is 10.2 Å². The molecule has 4 aromatic rings. The molecule has 0 aliphatic carbocycles. The third kappa shape index (κ3) is 7.04. The highest BCUT2D eigenvalue weighted by Gasteiger charge is 2.14. The van der Waals surface area contributed by atoms with Crippen LogP contribution in [0, 0.1) is 6.92 Å². The van der Waals surface area contributed by atoms with Gasteiger partial charge in [0.2, 0.25) is 0 Å². The molecule has 0 unspecified atom stereocenters. The van der Waals surface area contributed by atoms with Gasteiger partial charge in [-0.15, -0.1) is 0 Å². The number of rotatable bonds is 10. The number of unbranched alkanes of at least 4 members (excludes halogenated alkanes) is 1. The van der Waals surface area contributed by atoms with Crippen LogP contribution in [-0.2, 0) is 11.2 Å². The lowest BCUT2D eigenvalue weighted by molar-refractivity contribution is -0.123. The largest absolute Gasteiger partial charge is 0.484 e. The predicted octanol–water partition coefficient (Wildman–Crippen LogP) is 6.24. The first-order valence-corrected chi connectivity index (χ1v) is 12.4. The van der Waals surface area contributed by atoms with Gasteiger partial charge in [0, 0.05) is 5.56 Å². The number of hydrogen-bond donors (Lipinski definition) is 1. The fourth-order valence-corrected chi connectivity index (χ4v) is 3.91. The fourth-order valence-electron chi connectivity index (χ4n) is 3.91. The number of aryl methyl sites for hydroxylation is 2. The summed E-state index contributed by atoms with van der Waals surface area (Å²) in [7, 11) is 0. The number of hydrogen-bond acceptors (Lipinski definition) is 5. The monoisotopic (exact) mass is 494 g/mol. The minimum atomic E-state index is -0.466. The standard InChI is InChI=1S/C31H30N2O4/c1-3-4-9-23-13-16-26(17-14-23)36-21-30(34)33-32-20-28-27-12-6-5-10-24(27)15-18-29(28)37-31(35)25-11-7-8-22(2)19-25/h5-8,10-20H,3-4,9,21H2,1-2H3,(H,33,34)/b32-20-. The van der Waals surface area contributed by atoms with E-state index in [-0.39, 0.29) is 6.61 Å². The van der Waals surface area contributed by atoms with Gasteiger partial charge in [0.1, 0.15) is 11.5 Å². The van der Waals surface area contributed by atoms with Crippen molar-refractivity contribution in [2.75, 3.05) is 6.61 Å². The molecule has 0 saturated heterocycles. The Morgan fingerprint density at radius 1 is 0.946 bits per heavy atom. The fraction of sp³-hybridized carbons (Fsp3) is 0.194. The van der Waals surface area contributed by atoms with Crippen molar-refractivity contribution in [1.29, 1.82) is 0 Å². The number of amides is 1. The second-order valence-electron chi connectivity index (χ2n) is 8.79.